The molecule has 1 aromatic rings. The van der Waals surface area contributed by atoms with Crippen molar-refractivity contribution in [3.05, 3.63) is 33.8 Å². The van der Waals surface area contributed by atoms with Crippen LogP contribution >= 0.6 is 23.2 Å². The van der Waals surface area contributed by atoms with Gasteiger partial charge in [-0.05, 0) is 37.0 Å². The highest BCUT2D eigenvalue weighted by Crippen LogP contribution is 2.45. The molecule has 0 spiro atoms. The first-order chi connectivity index (χ1) is 9.49. The molecule has 0 atom stereocenters. The molecule has 5 nitrogen and oxygen atoms in total. The Kier molecular flexibility index (Phi) is 4.40. The molecule has 0 heterocycles. The molecule has 1 aliphatic carbocycles. The van der Waals surface area contributed by atoms with Crippen LogP contribution in [0.25, 0.3) is 0 Å². The second-order valence-electron chi connectivity index (χ2n) is 4.81. The van der Waals surface area contributed by atoms with Gasteiger partial charge in [-0.3, -0.25) is 4.79 Å². The molecular weight excluding hydrogens is 301 g/mol. The molecule has 1 saturated carbocycles. The Labute approximate surface area is 126 Å². The van der Waals surface area contributed by atoms with E-state index in [9.17, 15) is 4.79 Å². The predicted molar refractivity (Wildman–Crippen MR) is 78.3 cm³/mol. The first kappa shape index (κ1) is 14.9. The van der Waals surface area contributed by atoms with E-state index in [2.05, 4.69) is 10.5 Å². The Hall–Kier alpha value is -1.46. The number of rotatable bonds is 5. The first-order valence-corrected chi connectivity index (χ1v) is 6.95. The lowest BCUT2D eigenvalue weighted by atomic mass is 10.1. The van der Waals surface area contributed by atoms with Crippen molar-refractivity contribution in [3.63, 3.8) is 0 Å². The van der Waals surface area contributed by atoms with Crippen molar-refractivity contribution in [2.24, 2.45) is 16.3 Å². The summed E-state index contributed by atoms with van der Waals surface area (Å²) in [7, 11) is 0. The first-order valence-electron chi connectivity index (χ1n) is 6.20. The van der Waals surface area contributed by atoms with E-state index in [0.29, 0.717) is 35.9 Å². The van der Waals surface area contributed by atoms with Crippen LogP contribution < -0.4 is 11.1 Å². The number of nitrogens with two attached hydrogens (primary N) is 1. The van der Waals surface area contributed by atoms with Crippen LogP contribution in [0, 0.1) is 5.41 Å². The van der Waals surface area contributed by atoms with Gasteiger partial charge in [-0.15, -0.1) is 0 Å². The zero-order valence-electron chi connectivity index (χ0n) is 10.7. The van der Waals surface area contributed by atoms with Crippen LogP contribution in [-0.4, -0.2) is 23.5 Å². The molecule has 1 fully saturated rings. The minimum absolute atomic E-state index is 0.0282. The average Bonchev–Trinajstić information content (AvgIpc) is 3.21. The van der Waals surface area contributed by atoms with Gasteiger partial charge in [0.25, 0.3) is 0 Å². The SMILES string of the molecule is N/C(=N/O)C1(C(=O)NCCc2ccc(Cl)cc2Cl)CC1. The van der Waals surface area contributed by atoms with E-state index in [1.807, 2.05) is 6.07 Å². The lowest BCUT2D eigenvalue weighted by Crippen LogP contribution is -2.41. The van der Waals surface area contributed by atoms with Gasteiger partial charge in [0, 0.05) is 16.6 Å². The second kappa shape index (κ2) is 5.89. The predicted octanol–water partition coefficient (Wildman–Crippen LogP) is 2.18. The fourth-order valence-electron chi connectivity index (χ4n) is 2.02. The van der Waals surface area contributed by atoms with Gasteiger partial charge in [0.1, 0.15) is 5.41 Å². The number of hydrogen-bond acceptors (Lipinski definition) is 3. The molecule has 0 radical (unpaired) electrons. The number of oxime groups is 1. The summed E-state index contributed by atoms with van der Waals surface area (Å²) in [6.45, 7) is 0.431. The Morgan fingerprint density at radius 3 is 2.70 bits per heavy atom. The molecule has 20 heavy (non-hydrogen) atoms. The van der Waals surface area contributed by atoms with Gasteiger partial charge >= 0.3 is 0 Å². The van der Waals surface area contributed by atoms with Crippen molar-refractivity contribution in [1.82, 2.24) is 5.32 Å². The van der Waals surface area contributed by atoms with Crippen molar-refractivity contribution in [2.45, 2.75) is 19.3 Å². The summed E-state index contributed by atoms with van der Waals surface area (Å²) >= 11 is 11.9. The molecule has 0 aliphatic heterocycles. The molecule has 0 unspecified atom stereocenters. The molecule has 0 bridgehead atoms. The number of carbonyl (C=O) groups is 1. The molecule has 0 saturated heterocycles. The van der Waals surface area contributed by atoms with Crippen LogP contribution in [0.15, 0.2) is 23.4 Å². The highest BCUT2D eigenvalue weighted by molar-refractivity contribution is 6.35. The molecule has 0 aromatic heterocycles. The maximum absolute atomic E-state index is 12.0. The third-order valence-electron chi connectivity index (χ3n) is 3.48. The molecule has 1 aromatic carbocycles. The zero-order valence-corrected chi connectivity index (χ0v) is 12.2. The monoisotopic (exact) mass is 315 g/mol. The molecule has 1 aliphatic rings. The minimum Gasteiger partial charge on any atom is -0.409 e. The zero-order chi connectivity index (χ0) is 14.8. The maximum Gasteiger partial charge on any atom is 0.233 e. The summed E-state index contributed by atoms with van der Waals surface area (Å²) in [4.78, 5) is 12.0. The van der Waals surface area contributed by atoms with Gasteiger partial charge in [-0.1, -0.05) is 34.4 Å². The fraction of sp³-hybridized carbons (Fsp3) is 0.385. The van der Waals surface area contributed by atoms with Crippen molar-refractivity contribution >= 4 is 34.9 Å². The quantitative estimate of drug-likeness (QED) is 0.337. The van der Waals surface area contributed by atoms with E-state index in [1.54, 1.807) is 12.1 Å². The largest absolute Gasteiger partial charge is 0.409 e. The summed E-state index contributed by atoms with van der Waals surface area (Å²) in [6.07, 6.45) is 1.81. The van der Waals surface area contributed by atoms with Crippen molar-refractivity contribution in [2.75, 3.05) is 6.54 Å². The minimum atomic E-state index is -0.821. The molecule has 1 amide bonds. The molecule has 2 rings (SSSR count). The van der Waals surface area contributed by atoms with E-state index >= 15 is 0 Å². The van der Waals surface area contributed by atoms with Crippen molar-refractivity contribution in [1.29, 1.82) is 0 Å². The summed E-state index contributed by atoms with van der Waals surface area (Å²) < 4.78 is 0. The summed E-state index contributed by atoms with van der Waals surface area (Å²) in [5.74, 6) is -0.239. The summed E-state index contributed by atoms with van der Waals surface area (Å²) in [5.41, 5.74) is 5.63. The Morgan fingerprint density at radius 2 is 2.15 bits per heavy atom. The number of halogens is 2. The Morgan fingerprint density at radius 1 is 1.45 bits per heavy atom. The Balaban J connectivity index is 1.89. The number of amidine groups is 1. The molecule has 4 N–H and O–H groups in total. The fourth-order valence-corrected chi connectivity index (χ4v) is 2.53. The number of benzene rings is 1. The number of nitrogens with zero attached hydrogens (tertiary/aromatic N) is 1. The van der Waals surface area contributed by atoms with Crippen molar-refractivity contribution < 1.29 is 10.0 Å². The molecule has 108 valence electrons. The van der Waals surface area contributed by atoms with Gasteiger partial charge in [0.15, 0.2) is 5.84 Å². The molecule has 7 heteroatoms. The highest BCUT2D eigenvalue weighted by Gasteiger charge is 2.54. The number of amides is 1. The van der Waals surface area contributed by atoms with Gasteiger partial charge in [-0.25, -0.2) is 0 Å². The maximum atomic E-state index is 12.0. The third kappa shape index (κ3) is 2.99. The van der Waals surface area contributed by atoms with Gasteiger partial charge in [0.05, 0.1) is 0 Å². The van der Waals surface area contributed by atoms with E-state index in [0.717, 1.165) is 5.56 Å². The Bertz CT molecular complexity index is 557. The summed E-state index contributed by atoms with van der Waals surface area (Å²) in [6, 6.07) is 5.25. The van der Waals surface area contributed by atoms with E-state index in [1.165, 1.54) is 0 Å². The molecular formula is C13H15Cl2N3O2. The second-order valence-corrected chi connectivity index (χ2v) is 5.65. The van der Waals surface area contributed by atoms with Crippen LogP contribution in [0.3, 0.4) is 0 Å². The standard InChI is InChI=1S/C13H15Cl2N3O2/c14-9-2-1-8(10(15)7-9)3-6-17-12(19)13(4-5-13)11(16)18-20/h1-2,7,20H,3-6H2,(H2,16,18)(H,17,19). The van der Waals surface area contributed by atoms with Crippen LogP contribution in [-0.2, 0) is 11.2 Å². The number of nitrogens with one attached hydrogen (secondary N) is 1. The smallest absolute Gasteiger partial charge is 0.233 e. The number of carbonyl (C=O) groups excluding carboxylic acids is 1. The summed E-state index contributed by atoms with van der Waals surface area (Å²) in [5, 5.41) is 15.5. The average molecular weight is 316 g/mol. The van der Waals surface area contributed by atoms with Crippen LogP contribution in [0.5, 0.6) is 0 Å². The lowest BCUT2D eigenvalue weighted by molar-refractivity contribution is -0.124. The van der Waals surface area contributed by atoms with E-state index in [-0.39, 0.29) is 11.7 Å². The van der Waals surface area contributed by atoms with Crippen LogP contribution in [0.2, 0.25) is 10.0 Å². The van der Waals surface area contributed by atoms with E-state index in [4.69, 9.17) is 34.1 Å². The highest BCUT2D eigenvalue weighted by atomic mass is 35.5. The van der Waals surface area contributed by atoms with Gasteiger partial charge in [0.2, 0.25) is 5.91 Å². The topological polar surface area (TPSA) is 87.7 Å². The third-order valence-corrected chi connectivity index (χ3v) is 4.06. The van der Waals surface area contributed by atoms with Crippen LogP contribution in [0.1, 0.15) is 18.4 Å². The lowest BCUT2D eigenvalue weighted by Gasteiger charge is -2.13. The van der Waals surface area contributed by atoms with E-state index < -0.39 is 5.41 Å². The number of hydrogen-bond donors (Lipinski definition) is 3. The van der Waals surface area contributed by atoms with Gasteiger partial charge < -0.3 is 16.3 Å². The van der Waals surface area contributed by atoms with Crippen LogP contribution in [0.4, 0.5) is 0 Å². The normalized spacial score (nSPS) is 16.8. The van der Waals surface area contributed by atoms with Gasteiger partial charge in [-0.2, -0.15) is 0 Å². The van der Waals surface area contributed by atoms with Crippen molar-refractivity contribution in [3.8, 4) is 0 Å².